The quantitative estimate of drug-likeness (QED) is 0.585. The van der Waals surface area contributed by atoms with Gasteiger partial charge >= 0.3 is 12.0 Å². The van der Waals surface area contributed by atoms with Gasteiger partial charge in [0.05, 0.1) is 0 Å². The maximum atomic E-state index is 12.2. The summed E-state index contributed by atoms with van der Waals surface area (Å²) in [6, 6.07) is 5.07. The van der Waals surface area contributed by atoms with Crippen molar-refractivity contribution in [3.05, 3.63) is 29.8 Å². The van der Waals surface area contributed by atoms with E-state index in [4.69, 9.17) is 0 Å². The lowest BCUT2D eigenvalue weighted by Gasteiger charge is -2.15. The van der Waals surface area contributed by atoms with E-state index in [-0.39, 0.29) is 12.1 Å². The monoisotopic (exact) mass is 335 g/mol. The maximum absolute atomic E-state index is 12.2. The van der Waals surface area contributed by atoms with Crippen LogP contribution in [0, 0.1) is 0 Å². The van der Waals surface area contributed by atoms with Crippen LogP contribution < -0.4 is 16.0 Å². The Labute approximate surface area is 141 Å². The molecule has 0 aliphatic heterocycles. The number of urea groups is 1. The van der Waals surface area contributed by atoms with E-state index in [0.717, 1.165) is 6.42 Å². The van der Waals surface area contributed by atoms with Gasteiger partial charge in [-0.2, -0.15) is 0 Å². The first-order valence-corrected chi connectivity index (χ1v) is 8.04. The minimum absolute atomic E-state index is 0.00799. The third kappa shape index (κ3) is 6.68. The van der Waals surface area contributed by atoms with Crippen LogP contribution >= 0.6 is 0 Å². The molecule has 132 valence electrons. The average Bonchev–Trinajstić information content (AvgIpc) is 2.50. The van der Waals surface area contributed by atoms with E-state index < -0.39 is 17.9 Å². The van der Waals surface area contributed by atoms with Crippen LogP contribution in [0.25, 0.3) is 0 Å². The van der Waals surface area contributed by atoms with Crippen molar-refractivity contribution in [3.8, 4) is 0 Å². The highest BCUT2D eigenvalue weighted by atomic mass is 16.4. The molecule has 0 unspecified atom stereocenters. The van der Waals surface area contributed by atoms with Crippen molar-refractivity contribution in [2.45, 2.75) is 52.1 Å². The number of carbonyl (C=O) groups is 3. The zero-order chi connectivity index (χ0) is 18.1. The summed E-state index contributed by atoms with van der Waals surface area (Å²) in [5.41, 5.74) is 0.751. The van der Waals surface area contributed by atoms with Gasteiger partial charge in [-0.05, 0) is 38.5 Å². The molecule has 0 aliphatic rings. The molecule has 3 amide bonds. The Morgan fingerprint density at radius 2 is 1.88 bits per heavy atom. The molecular weight excluding hydrogens is 310 g/mol. The van der Waals surface area contributed by atoms with Gasteiger partial charge in [-0.3, -0.25) is 4.79 Å². The van der Waals surface area contributed by atoms with Crippen LogP contribution in [-0.4, -0.2) is 35.1 Å². The van der Waals surface area contributed by atoms with Crippen LogP contribution in [0.15, 0.2) is 24.3 Å². The lowest BCUT2D eigenvalue weighted by Crippen LogP contribution is -2.40. The molecule has 1 atom stereocenters. The standard InChI is InChI=1S/C17H25N3O4/c1-4-5-9-14(16(22)23)20-15(21)12-7-6-8-13(10-12)19-17(24)18-11(2)3/h6-8,10-11,14H,4-5,9H2,1-3H3,(H,20,21)(H,22,23)(H2,18,19,24)/t14-/m0/s1. The van der Waals surface area contributed by atoms with Gasteiger partial charge < -0.3 is 21.1 Å². The lowest BCUT2D eigenvalue weighted by molar-refractivity contribution is -0.139. The lowest BCUT2D eigenvalue weighted by atomic mass is 10.1. The Bertz CT molecular complexity index is 587. The molecule has 7 nitrogen and oxygen atoms in total. The third-order valence-electron chi connectivity index (χ3n) is 3.25. The normalized spacial score (nSPS) is 11.7. The number of carboxylic acid groups (broad SMARTS) is 1. The van der Waals surface area contributed by atoms with Crippen LogP contribution in [0.4, 0.5) is 10.5 Å². The number of benzene rings is 1. The van der Waals surface area contributed by atoms with Crippen molar-refractivity contribution < 1.29 is 19.5 Å². The van der Waals surface area contributed by atoms with E-state index in [1.165, 1.54) is 6.07 Å². The molecular formula is C17H25N3O4. The number of nitrogens with one attached hydrogen (secondary N) is 3. The molecule has 24 heavy (non-hydrogen) atoms. The second-order valence-corrected chi connectivity index (χ2v) is 5.84. The Hall–Kier alpha value is -2.57. The number of carboxylic acids is 1. The number of hydrogen-bond donors (Lipinski definition) is 4. The molecule has 0 radical (unpaired) electrons. The summed E-state index contributed by atoms with van der Waals surface area (Å²) in [6.45, 7) is 5.63. The summed E-state index contributed by atoms with van der Waals surface area (Å²) in [7, 11) is 0. The summed E-state index contributed by atoms with van der Waals surface area (Å²) in [5, 5.41) is 17.0. The highest BCUT2D eigenvalue weighted by Gasteiger charge is 2.20. The highest BCUT2D eigenvalue weighted by molar-refractivity contribution is 5.98. The van der Waals surface area contributed by atoms with Crippen molar-refractivity contribution >= 4 is 23.6 Å². The van der Waals surface area contributed by atoms with Gasteiger partial charge in [0.2, 0.25) is 0 Å². The zero-order valence-corrected chi connectivity index (χ0v) is 14.3. The molecule has 0 saturated carbocycles. The number of aliphatic carboxylic acids is 1. The molecule has 0 saturated heterocycles. The minimum atomic E-state index is -1.05. The van der Waals surface area contributed by atoms with Crippen LogP contribution in [0.2, 0.25) is 0 Å². The van der Waals surface area contributed by atoms with Crippen LogP contribution in [0.5, 0.6) is 0 Å². The number of amides is 3. The predicted octanol–water partition coefficient (Wildman–Crippen LogP) is 2.59. The smallest absolute Gasteiger partial charge is 0.326 e. The molecule has 4 N–H and O–H groups in total. The van der Waals surface area contributed by atoms with Gasteiger partial charge in [0.15, 0.2) is 0 Å². The van der Waals surface area contributed by atoms with E-state index in [2.05, 4.69) is 16.0 Å². The fourth-order valence-electron chi connectivity index (χ4n) is 2.07. The summed E-state index contributed by atoms with van der Waals surface area (Å²) >= 11 is 0. The van der Waals surface area contributed by atoms with Crippen molar-refractivity contribution in [1.82, 2.24) is 10.6 Å². The van der Waals surface area contributed by atoms with E-state index >= 15 is 0 Å². The van der Waals surface area contributed by atoms with E-state index in [1.807, 2.05) is 20.8 Å². The number of carbonyl (C=O) groups excluding carboxylic acids is 2. The third-order valence-corrected chi connectivity index (χ3v) is 3.25. The molecule has 0 bridgehead atoms. The molecule has 0 heterocycles. The minimum Gasteiger partial charge on any atom is -0.480 e. The van der Waals surface area contributed by atoms with Gasteiger partial charge in [-0.1, -0.05) is 25.8 Å². The first kappa shape index (κ1) is 19.5. The summed E-state index contributed by atoms with van der Waals surface area (Å²) in [4.78, 5) is 35.1. The Kier molecular flexibility index (Phi) is 7.74. The number of hydrogen-bond acceptors (Lipinski definition) is 3. The molecule has 0 spiro atoms. The van der Waals surface area contributed by atoms with Crippen LogP contribution in [0.1, 0.15) is 50.4 Å². The summed E-state index contributed by atoms with van der Waals surface area (Å²) in [6.07, 6.45) is 1.95. The van der Waals surface area contributed by atoms with Crippen molar-refractivity contribution in [2.24, 2.45) is 0 Å². The van der Waals surface area contributed by atoms with Crippen molar-refractivity contribution in [3.63, 3.8) is 0 Å². The first-order valence-electron chi connectivity index (χ1n) is 8.04. The Morgan fingerprint density at radius 1 is 1.17 bits per heavy atom. The number of unbranched alkanes of at least 4 members (excludes halogenated alkanes) is 1. The molecule has 7 heteroatoms. The largest absolute Gasteiger partial charge is 0.480 e. The molecule has 0 aliphatic carbocycles. The highest BCUT2D eigenvalue weighted by Crippen LogP contribution is 2.11. The molecule has 1 aromatic carbocycles. The predicted molar refractivity (Wildman–Crippen MR) is 92.1 cm³/mol. The fraction of sp³-hybridized carbons (Fsp3) is 0.471. The van der Waals surface area contributed by atoms with Crippen molar-refractivity contribution in [2.75, 3.05) is 5.32 Å². The topological polar surface area (TPSA) is 108 Å². The molecule has 0 fully saturated rings. The Morgan fingerprint density at radius 3 is 2.46 bits per heavy atom. The van der Waals surface area contributed by atoms with E-state index in [0.29, 0.717) is 24.1 Å². The van der Waals surface area contributed by atoms with Gasteiger partial charge in [-0.25, -0.2) is 9.59 Å². The average molecular weight is 335 g/mol. The zero-order valence-electron chi connectivity index (χ0n) is 14.3. The maximum Gasteiger partial charge on any atom is 0.326 e. The molecule has 0 aromatic heterocycles. The number of rotatable bonds is 8. The van der Waals surface area contributed by atoms with Gasteiger partial charge in [0.1, 0.15) is 6.04 Å². The van der Waals surface area contributed by atoms with Gasteiger partial charge in [-0.15, -0.1) is 0 Å². The molecule has 1 aromatic rings. The summed E-state index contributed by atoms with van der Waals surface area (Å²) < 4.78 is 0. The number of anilines is 1. The summed E-state index contributed by atoms with van der Waals surface area (Å²) in [5.74, 6) is -1.53. The van der Waals surface area contributed by atoms with Gasteiger partial charge in [0.25, 0.3) is 5.91 Å². The first-order chi connectivity index (χ1) is 11.3. The second kappa shape index (κ2) is 9.54. The fourth-order valence-corrected chi connectivity index (χ4v) is 2.07. The van der Waals surface area contributed by atoms with Crippen molar-refractivity contribution in [1.29, 1.82) is 0 Å². The SMILES string of the molecule is CCCC[C@H](NC(=O)c1cccc(NC(=O)NC(C)C)c1)C(=O)O. The van der Waals surface area contributed by atoms with Crippen LogP contribution in [0.3, 0.4) is 0 Å². The van der Waals surface area contributed by atoms with Gasteiger partial charge in [0, 0.05) is 17.3 Å². The van der Waals surface area contributed by atoms with E-state index in [1.54, 1.807) is 18.2 Å². The van der Waals surface area contributed by atoms with Crippen LogP contribution in [-0.2, 0) is 4.79 Å². The second-order valence-electron chi connectivity index (χ2n) is 5.84. The van der Waals surface area contributed by atoms with E-state index in [9.17, 15) is 19.5 Å². The Balaban J connectivity index is 2.75. The molecule has 1 rings (SSSR count).